The van der Waals surface area contributed by atoms with E-state index in [0.717, 1.165) is 36.1 Å². The number of carbonyl (C=O) groups excluding carboxylic acids is 3. The Hall–Kier alpha value is -4.20. The van der Waals surface area contributed by atoms with Crippen LogP contribution in [0.3, 0.4) is 0 Å². The molecule has 2 amide bonds. The molecule has 0 fully saturated rings. The van der Waals surface area contributed by atoms with Gasteiger partial charge in [-0.05, 0) is 61.1 Å². The van der Waals surface area contributed by atoms with Crippen molar-refractivity contribution in [3.8, 4) is 0 Å². The minimum atomic E-state index is -1.31. The van der Waals surface area contributed by atoms with Gasteiger partial charge in [0.1, 0.15) is 6.04 Å². The summed E-state index contributed by atoms with van der Waals surface area (Å²) in [4.78, 5) is 43.3. The molecule has 0 radical (unpaired) electrons. The van der Waals surface area contributed by atoms with Crippen molar-refractivity contribution in [2.75, 3.05) is 18.4 Å². The Morgan fingerprint density at radius 1 is 1.03 bits per heavy atom. The molecule has 0 aliphatic carbocycles. The van der Waals surface area contributed by atoms with Gasteiger partial charge in [-0.1, -0.05) is 42.5 Å². The number of hydrogen-bond acceptors (Lipinski definition) is 6. The molecule has 1 aliphatic heterocycles. The number of nitrogens with one attached hydrogen (secondary N) is 2. The standard InChI is InChI=1S/C29H32N4O4/c34-27(35)19-26-29(37)33(17-14-21-8-2-1-3-9-21)20-23-13-12-22(18-25(23)32-26)28(36)31-16-7-5-11-24-10-4-6-15-30-24/h1-4,6,8-10,12-13,15,18,26,32H,5,7,11,14,16-17,19-20H2,(H,31,36)(H,34,35)/p-1. The predicted octanol–water partition coefficient (Wildman–Crippen LogP) is 2.34. The van der Waals surface area contributed by atoms with Crippen molar-refractivity contribution in [3.63, 3.8) is 0 Å². The number of aryl methyl sites for hydroxylation is 1. The van der Waals surface area contributed by atoms with E-state index in [9.17, 15) is 19.5 Å². The van der Waals surface area contributed by atoms with Gasteiger partial charge >= 0.3 is 0 Å². The summed E-state index contributed by atoms with van der Waals surface area (Å²) < 4.78 is 0. The molecule has 0 saturated heterocycles. The second kappa shape index (κ2) is 12.7. The van der Waals surface area contributed by atoms with E-state index in [1.165, 1.54) is 0 Å². The SMILES string of the molecule is O=C([O-])CC1Nc2cc(C(=O)NCCCCc3ccccn3)ccc2CN(CCc2ccccc2)C1=O. The Morgan fingerprint density at radius 3 is 2.59 bits per heavy atom. The van der Waals surface area contributed by atoms with Crippen LogP contribution in [-0.4, -0.2) is 46.8 Å². The number of benzene rings is 2. The summed E-state index contributed by atoms with van der Waals surface area (Å²) in [6.45, 7) is 1.32. The summed E-state index contributed by atoms with van der Waals surface area (Å²) in [5.41, 5.74) is 3.99. The highest BCUT2D eigenvalue weighted by atomic mass is 16.4. The molecule has 0 bridgehead atoms. The van der Waals surface area contributed by atoms with Gasteiger partial charge in [-0.15, -0.1) is 0 Å². The average Bonchev–Trinajstić information content (AvgIpc) is 3.03. The summed E-state index contributed by atoms with van der Waals surface area (Å²) in [7, 11) is 0. The zero-order valence-electron chi connectivity index (χ0n) is 20.7. The molecule has 8 heteroatoms. The summed E-state index contributed by atoms with van der Waals surface area (Å²) in [5.74, 6) is -1.82. The number of anilines is 1. The Balaban J connectivity index is 1.39. The topological polar surface area (TPSA) is 114 Å². The largest absolute Gasteiger partial charge is 0.550 e. The van der Waals surface area contributed by atoms with E-state index in [1.807, 2.05) is 54.6 Å². The normalized spacial score (nSPS) is 14.9. The van der Waals surface area contributed by atoms with E-state index < -0.39 is 18.4 Å². The molecular weight excluding hydrogens is 468 g/mol. The fraction of sp³-hybridized carbons (Fsp3) is 0.310. The fourth-order valence-electron chi connectivity index (χ4n) is 4.43. The Labute approximate surface area is 216 Å². The molecular formula is C29H31N4O4-. The summed E-state index contributed by atoms with van der Waals surface area (Å²) in [6, 6.07) is 19.9. The minimum absolute atomic E-state index is 0.213. The number of aromatic nitrogens is 1. The molecule has 4 rings (SSSR count). The maximum atomic E-state index is 13.2. The van der Waals surface area contributed by atoms with E-state index >= 15 is 0 Å². The van der Waals surface area contributed by atoms with E-state index in [2.05, 4.69) is 15.6 Å². The smallest absolute Gasteiger partial charge is 0.251 e. The van der Waals surface area contributed by atoms with Crippen molar-refractivity contribution in [2.24, 2.45) is 0 Å². The number of aliphatic carboxylic acids is 1. The fourth-order valence-corrected chi connectivity index (χ4v) is 4.43. The first-order valence-corrected chi connectivity index (χ1v) is 12.6. The molecule has 1 atom stereocenters. The molecule has 1 aromatic heterocycles. The van der Waals surface area contributed by atoms with Crippen LogP contribution in [0.4, 0.5) is 5.69 Å². The molecule has 8 nitrogen and oxygen atoms in total. The van der Waals surface area contributed by atoms with Gasteiger partial charge in [-0.3, -0.25) is 14.6 Å². The number of carboxylic acid groups (broad SMARTS) is 1. The molecule has 1 unspecified atom stereocenters. The first-order valence-electron chi connectivity index (χ1n) is 12.6. The zero-order chi connectivity index (χ0) is 26.0. The van der Waals surface area contributed by atoms with Gasteiger partial charge in [0.15, 0.2) is 0 Å². The molecule has 2 N–H and O–H groups in total. The number of carboxylic acids is 1. The van der Waals surface area contributed by atoms with Crippen LogP contribution < -0.4 is 15.7 Å². The van der Waals surface area contributed by atoms with Crippen LogP contribution in [0.1, 0.15) is 46.4 Å². The molecule has 0 saturated carbocycles. The first kappa shape index (κ1) is 25.9. The predicted molar refractivity (Wildman–Crippen MR) is 139 cm³/mol. The quantitative estimate of drug-likeness (QED) is 0.392. The number of pyridine rings is 1. The average molecular weight is 500 g/mol. The summed E-state index contributed by atoms with van der Waals surface area (Å²) >= 11 is 0. The van der Waals surface area contributed by atoms with Crippen molar-refractivity contribution >= 4 is 23.5 Å². The third-order valence-corrected chi connectivity index (χ3v) is 6.43. The number of fused-ring (bicyclic) bond motifs is 1. The van der Waals surface area contributed by atoms with Crippen LogP contribution in [0, 0.1) is 0 Å². The molecule has 37 heavy (non-hydrogen) atoms. The van der Waals surface area contributed by atoms with E-state index in [1.54, 1.807) is 23.2 Å². The molecule has 192 valence electrons. The van der Waals surface area contributed by atoms with Gasteiger partial charge in [0.05, 0.1) is 0 Å². The summed E-state index contributed by atoms with van der Waals surface area (Å²) in [5, 5.41) is 17.4. The van der Waals surface area contributed by atoms with Gasteiger partial charge in [-0.25, -0.2) is 0 Å². The lowest BCUT2D eigenvalue weighted by Gasteiger charge is -2.25. The number of amides is 2. The van der Waals surface area contributed by atoms with Gasteiger partial charge in [0.25, 0.3) is 5.91 Å². The number of hydrogen-bond donors (Lipinski definition) is 2. The van der Waals surface area contributed by atoms with Crippen molar-refractivity contribution < 1.29 is 19.5 Å². The lowest BCUT2D eigenvalue weighted by molar-refractivity contribution is -0.305. The Morgan fingerprint density at radius 2 is 1.84 bits per heavy atom. The lowest BCUT2D eigenvalue weighted by Crippen LogP contribution is -2.44. The van der Waals surface area contributed by atoms with Gasteiger partial charge in [0, 0.05) is 55.2 Å². The second-order valence-electron chi connectivity index (χ2n) is 9.17. The highest BCUT2D eigenvalue weighted by Crippen LogP contribution is 2.26. The van der Waals surface area contributed by atoms with Crippen molar-refractivity contribution in [1.82, 2.24) is 15.2 Å². The molecule has 3 aromatic rings. The van der Waals surface area contributed by atoms with Crippen molar-refractivity contribution in [2.45, 2.75) is 44.7 Å². The number of rotatable bonds is 11. The molecule has 2 heterocycles. The van der Waals surface area contributed by atoms with E-state index in [-0.39, 0.29) is 11.8 Å². The van der Waals surface area contributed by atoms with Crippen LogP contribution in [0.25, 0.3) is 0 Å². The van der Waals surface area contributed by atoms with Gasteiger partial charge in [-0.2, -0.15) is 0 Å². The van der Waals surface area contributed by atoms with Crippen LogP contribution in [0.15, 0.2) is 72.9 Å². The highest BCUT2D eigenvalue weighted by molar-refractivity contribution is 5.96. The van der Waals surface area contributed by atoms with E-state index in [4.69, 9.17) is 0 Å². The van der Waals surface area contributed by atoms with Crippen molar-refractivity contribution in [1.29, 1.82) is 0 Å². The second-order valence-corrected chi connectivity index (χ2v) is 9.17. The molecule has 2 aromatic carbocycles. The first-order chi connectivity index (χ1) is 18.0. The van der Waals surface area contributed by atoms with Crippen LogP contribution in [0.5, 0.6) is 0 Å². The van der Waals surface area contributed by atoms with Crippen LogP contribution in [0.2, 0.25) is 0 Å². The Kier molecular flexibility index (Phi) is 8.86. The third kappa shape index (κ3) is 7.39. The maximum absolute atomic E-state index is 13.2. The van der Waals surface area contributed by atoms with Gasteiger partial charge in [0.2, 0.25) is 5.91 Å². The van der Waals surface area contributed by atoms with Crippen LogP contribution in [-0.2, 0) is 29.0 Å². The minimum Gasteiger partial charge on any atom is -0.550 e. The molecule has 1 aliphatic rings. The van der Waals surface area contributed by atoms with E-state index in [0.29, 0.717) is 37.3 Å². The number of nitrogens with zero attached hydrogens (tertiary/aromatic N) is 2. The lowest BCUT2D eigenvalue weighted by atomic mass is 10.1. The molecule has 0 spiro atoms. The number of carbonyl (C=O) groups is 3. The highest BCUT2D eigenvalue weighted by Gasteiger charge is 2.29. The maximum Gasteiger partial charge on any atom is 0.251 e. The Bertz CT molecular complexity index is 1220. The zero-order valence-corrected chi connectivity index (χ0v) is 20.7. The van der Waals surface area contributed by atoms with Crippen molar-refractivity contribution in [3.05, 3.63) is 95.3 Å². The third-order valence-electron chi connectivity index (χ3n) is 6.43. The van der Waals surface area contributed by atoms with Gasteiger partial charge < -0.3 is 25.4 Å². The number of unbranched alkanes of at least 4 members (excludes halogenated alkanes) is 1. The van der Waals surface area contributed by atoms with Crippen LogP contribution >= 0.6 is 0 Å². The summed E-state index contributed by atoms with van der Waals surface area (Å²) in [6.07, 6.45) is 4.57. The monoisotopic (exact) mass is 499 g/mol.